The molecule has 0 bridgehead atoms. The highest BCUT2D eigenvalue weighted by Gasteiger charge is 2.15. The molecule has 0 spiro atoms. The summed E-state index contributed by atoms with van der Waals surface area (Å²) < 4.78 is 11.5. The molecule has 0 amide bonds. The summed E-state index contributed by atoms with van der Waals surface area (Å²) >= 11 is 0. The summed E-state index contributed by atoms with van der Waals surface area (Å²) in [5, 5.41) is 4.92. The molecule has 3 aromatic rings. The van der Waals surface area contributed by atoms with Crippen LogP contribution in [0.15, 0.2) is 54.6 Å². The van der Waals surface area contributed by atoms with E-state index in [4.69, 9.17) is 9.47 Å². The molecule has 0 fully saturated rings. The van der Waals surface area contributed by atoms with E-state index in [1.165, 1.54) is 47.2 Å². The Hall–Kier alpha value is -2.55. The highest BCUT2D eigenvalue weighted by molar-refractivity contribution is 6.00. The van der Waals surface area contributed by atoms with Crippen molar-refractivity contribution in [1.82, 2.24) is 0 Å². The summed E-state index contributed by atoms with van der Waals surface area (Å²) in [4.78, 5) is 11.7. The maximum Gasteiger partial charge on any atom is 0.306 e. The molecule has 0 unspecified atom stereocenters. The van der Waals surface area contributed by atoms with Gasteiger partial charge in [-0.2, -0.15) is 0 Å². The van der Waals surface area contributed by atoms with Crippen molar-refractivity contribution in [2.75, 3.05) is 6.61 Å². The second kappa shape index (κ2) is 11.2. The molecule has 0 atom stereocenters. The Bertz CT molecular complexity index is 984. The van der Waals surface area contributed by atoms with Crippen LogP contribution in [0.4, 0.5) is 0 Å². The number of fused-ring (bicyclic) bond motifs is 2. The maximum atomic E-state index is 11.7. The van der Waals surface area contributed by atoms with Crippen molar-refractivity contribution in [3.8, 4) is 5.75 Å². The number of hydrogen-bond donors (Lipinski definition) is 0. The van der Waals surface area contributed by atoms with Crippen molar-refractivity contribution in [2.45, 2.75) is 77.7 Å². The molecule has 3 heteroatoms. The van der Waals surface area contributed by atoms with Crippen LogP contribution in [0.1, 0.15) is 72.1 Å². The van der Waals surface area contributed by atoms with Gasteiger partial charge in [-0.05, 0) is 68.0 Å². The van der Waals surface area contributed by atoms with Gasteiger partial charge in [0.15, 0.2) is 0 Å². The smallest absolute Gasteiger partial charge is 0.306 e. The van der Waals surface area contributed by atoms with Crippen LogP contribution >= 0.6 is 0 Å². The Morgan fingerprint density at radius 2 is 1.35 bits per heavy atom. The van der Waals surface area contributed by atoms with Crippen molar-refractivity contribution in [2.24, 2.45) is 0 Å². The van der Waals surface area contributed by atoms with E-state index in [1.807, 2.05) is 20.8 Å². The fourth-order valence-electron chi connectivity index (χ4n) is 3.89. The van der Waals surface area contributed by atoms with E-state index in [9.17, 15) is 4.79 Å². The van der Waals surface area contributed by atoms with Gasteiger partial charge in [-0.3, -0.25) is 4.79 Å². The Morgan fingerprint density at radius 1 is 0.742 bits per heavy atom. The number of ether oxygens (including phenoxy) is 2. The molecule has 0 aromatic heterocycles. The normalized spacial score (nSPS) is 11.7. The number of rotatable bonds is 11. The van der Waals surface area contributed by atoms with Crippen molar-refractivity contribution < 1.29 is 14.3 Å². The van der Waals surface area contributed by atoms with Gasteiger partial charge in [0.2, 0.25) is 0 Å². The first kappa shape index (κ1) is 23.1. The van der Waals surface area contributed by atoms with Crippen LogP contribution in [0.2, 0.25) is 0 Å². The second-order valence-electron chi connectivity index (χ2n) is 9.34. The van der Waals surface area contributed by atoms with Crippen LogP contribution in [0.5, 0.6) is 5.75 Å². The van der Waals surface area contributed by atoms with Gasteiger partial charge in [0.25, 0.3) is 0 Å². The summed E-state index contributed by atoms with van der Waals surface area (Å²) in [7, 11) is 0. The Kier molecular flexibility index (Phi) is 8.34. The van der Waals surface area contributed by atoms with E-state index in [0.29, 0.717) is 6.42 Å². The highest BCUT2D eigenvalue weighted by atomic mass is 16.6. The molecule has 0 N–H and O–H groups in total. The monoisotopic (exact) mass is 420 g/mol. The molecule has 0 aliphatic rings. The van der Waals surface area contributed by atoms with E-state index >= 15 is 0 Å². The van der Waals surface area contributed by atoms with Crippen LogP contribution in [-0.2, 0) is 9.53 Å². The first-order valence-corrected chi connectivity index (χ1v) is 11.7. The average molecular weight is 421 g/mol. The van der Waals surface area contributed by atoms with Gasteiger partial charge in [0.05, 0.1) is 6.61 Å². The summed E-state index contributed by atoms with van der Waals surface area (Å²) in [6.07, 6.45) is 8.42. The number of esters is 1. The van der Waals surface area contributed by atoms with Crippen LogP contribution in [0.3, 0.4) is 0 Å². The molecular weight excluding hydrogens is 384 g/mol. The summed E-state index contributed by atoms with van der Waals surface area (Å²) in [5.74, 6) is 0.900. The molecule has 3 nitrogen and oxygen atoms in total. The average Bonchev–Trinajstić information content (AvgIpc) is 2.72. The van der Waals surface area contributed by atoms with Crippen LogP contribution in [0.25, 0.3) is 21.5 Å². The molecule has 0 aliphatic carbocycles. The minimum Gasteiger partial charge on any atom is -0.493 e. The topological polar surface area (TPSA) is 35.5 Å². The molecular formula is C28H36O3. The molecule has 0 radical (unpaired) electrons. The van der Waals surface area contributed by atoms with Crippen LogP contribution in [0, 0.1) is 0 Å². The zero-order valence-corrected chi connectivity index (χ0v) is 19.3. The highest BCUT2D eigenvalue weighted by Crippen LogP contribution is 2.30. The number of carbonyl (C=O) groups excluding carboxylic acids is 1. The summed E-state index contributed by atoms with van der Waals surface area (Å²) in [6.45, 7) is 6.50. The Balaban J connectivity index is 1.31. The predicted octanol–water partition coefficient (Wildman–Crippen LogP) is 7.83. The van der Waals surface area contributed by atoms with E-state index in [1.54, 1.807) is 0 Å². The molecule has 31 heavy (non-hydrogen) atoms. The fourth-order valence-corrected chi connectivity index (χ4v) is 3.89. The van der Waals surface area contributed by atoms with Crippen molar-refractivity contribution in [1.29, 1.82) is 0 Å². The number of hydrogen-bond acceptors (Lipinski definition) is 3. The maximum absolute atomic E-state index is 11.7. The van der Waals surface area contributed by atoms with E-state index < -0.39 is 0 Å². The summed E-state index contributed by atoms with van der Waals surface area (Å²) in [6, 6.07) is 19.2. The lowest BCUT2D eigenvalue weighted by molar-refractivity contribution is -0.154. The quantitative estimate of drug-likeness (QED) is 0.180. The van der Waals surface area contributed by atoms with E-state index in [0.717, 1.165) is 31.6 Å². The van der Waals surface area contributed by atoms with E-state index in [-0.39, 0.29) is 11.6 Å². The zero-order chi connectivity index (χ0) is 22.1. The van der Waals surface area contributed by atoms with Crippen molar-refractivity contribution in [3.05, 3.63) is 54.6 Å². The lowest BCUT2D eigenvalue weighted by atomic mass is 10.0. The molecule has 3 rings (SSSR count). The van der Waals surface area contributed by atoms with Crippen molar-refractivity contribution >= 4 is 27.5 Å². The molecule has 0 heterocycles. The second-order valence-corrected chi connectivity index (χ2v) is 9.34. The lowest BCUT2D eigenvalue weighted by Crippen LogP contribution is -2.23. The number of unbranched alkanes of at least 4 members (excludes halogenated alkanes) is 6. The molecule has 0 aliphatic heterocycles. The van der Waals surface area contributed by atoms with Gasteiger partial charge in [-0.15, -0.1) is 0 Å². The Labute approximate surface area is 186 Å². The number of benzene rings is 3. The minimum atomic E-state index is -0.376. The fraction of sp³-hybridized carbons (Fsp3) is 0.464. The molecule has 0 saturated heterocycles. The third-order valence-electron chi connectivity index (χ3n) is 5.41. The van der Waals surface area contributed by atoms with Crippen LogP contribution in [-0.4, -0.2) is 18.2 Å². The van der Waals surface area contributed by atoms with Crippen molar-refractivity contribution in [3.63, 3.8) is 0 Å². The standard InChI is InChI=1S/C28H36O3/c1-28(2,3)31-27(29)18-9-7-5-4-6-8-12-19-30-26-17-13-16-24-20-22-14-10-11-15-23(22)21-25(24)26/h10-11,13-17,20-21H,4-9,12,18-19H2,1-3H3. The van der Waals surface area contributed by atoms with Gasteiger partial charge in [0, 0.05) is 11.8 Å². The van der Waals surface area contributed by atoms with Gasteiger partial charge < -0.3 is 9.47 Å². The first-order valence-electron chi connectivity index (χ1n) is 11.7. The van der Waals surface area contributed by atoms with Gasteiger partial charge >= 0.3 is 5.97 Å². The lowest BCUT2D eigenvalue weighted by Gasteiger charge is -2.19. The predicted molar refractivity (Wildman–Crippen MR) is 130 cm³/mol. The first-order chi connectivity index (χ1) is 14.9. The third kappa shape index (κ3) is 7.57. The zero-order valence-electron chi connectivity index (χ0n) is 19.3. The molecule has 3 aromatic carbocycles. The van der Waals surface area contributed by atoms with E-state index in [2.05, 4.69) is 54.6 Å². The third-order valence-corrected chi connectivity index (χ3v) is 5.41. The molecule has 0 saturated carbocycles. The SMILES string of the molecule is CC(C)(C)OC(=O)CCCCCCCCCOc1cccc2cc3ccccc3cc12. The number of carbonyl (C=O) groups is 1. The van der Waals surface area contributed by atoms with Gasteiger partial charge in [-0.1, -0.05) is 68.5 Å². The van der Waals surface area contributed by atoms with Gasteiger partial charge in [-0.25, -0.2) is 0 Å². The van der Waals surface area contributed by atoms with Crippen LogP contribution < -0.4 is 4.74 Å². The Morgan fingerprint density at radius 3 is 2.06 bits per heavy atom. The van der Waals surface area contributed by atoms with Gasteiger partial charge in [0.1, 0.15) is 11.4 Å². The minimum absolute atomic E-state index is 0.0777. The summed E-state index contributed by atoms with van der Waals surface area (Å²) in [5.41, 5.74) is -0.376. The largest absolute Gasteiger partial charge is 0.493 e. The molecule has 166 valence electrons.